The number of fused-ring (bicyclic) bond motifs is 6. The molecule has 0 radical (unpaired) electrons. The Morgan fingerprint density at radius 2 is 0.889 bits per heavy atom. The molecule has 0 fully saturated rings. The molecule has 2 nitrogen and oxygen atoms in total. The molecule has 0 amide bonds. The quantitative estimate of drug-likeness (QED) is 0.167. The van der Waals surface area contributed by atoms with Crippen LogP contribution >= 0.6 is 0 Å². The summed E-state index contributed by atoms with van der Waals surface area (Å²) < 4.78 is 4.92. The van der Waals surface area contributed by atoms with Crippen molar-refractivity contribution in [2.24, 2.45) is 0 Å². The summed E-state index contributed by atoms with van der Waals surface area (Å²) in [4.78, 5) is 0. The Hall–Kier alpha value is -4.40. The van der Waals surface area contributed by atoms with Crippen LogP contribution in [-0.2, 0) is 13.1 Å². The summed E-state index contributed by atoms with van der Waals surface area (Å²) in [5, 5.41) is 5.06. The van der Waals surface area contributed by atoms with E-state index >= 15 is 0 Å². The first-order valence-corrected chi connectivity index (χ1v) is 12.7. The molecule has 0 unspecified atom stereocenters. The minimum absolute atomic E-state index is 0.901. The number of aryl methyl sites for hydroxylation is 2. The van der Waals surface area contributed by atoms with E-state index in [9.17, 15) is 0 Å². The first kappa shape index (κ1) is 22.1. The smallest absolute Gasteiger partial charge is 0.0492 e. The topological polar surface area (TPSA) is 9.86 Å². The van der Waals surface area contributed by atoms with E-state index in [1.54, 1.807) is 0 Å². The van der Waals surface area contributed by atoms with Gasteiger partial charge in [0.25, 0.3) is 0 Å². The van der Waals surface area contributed by atoms with Crippen molar-refractivity contribution in [2.75, 3.05) is 0 Å². The van der Waals surface area contributed by atoms with Crippen molar-refractivity contribution in [1.82, 2.24) is 9.13 Å². The van der Waals surface area contributed by atoms with Crippen molar-refractivity contribution in [3.63, 3.8) is 0 Å². The fraction of sp³-hybridized carbons (Fsp3) is 0.176. The number of aromatic nitrogens is 2. The lowest BCUT2D eigenvalue weighted by atomic mass is 10.1. The molecule has 0 spiro atoms. The van der Waals surface area contributed by atoms with E-state index in [-0.39, 0.29) is 0 Å². The summed E-state index contributed by atoms with van der Waals surface area (Å²) >= 11 is 0. The van der Waals surface area contributed by atoms with E-state index in [0.29, 0.717) is 0 Å². The van der Waals surface area contributed by atoms with E-state index in [4.69, 9.17) is 12.8 Å². The molecule has 2 heterocycles. The Labute approximate surface area is 212 Å². The van der Waals surface area contributed by atoms with Gasteiger partial charge >= 0.3 is 0 Å². The molecule has 36 heavy (non-hydrogen) atoms. The first-order chi connectivity index (χ1) is 17.8. The molecule has 0 aliphatic rings. The molecule has 6 rings (SSSR count). The van der Waals surface area contributed by atoms with Crippen LogP contribution in [-0.4, -0.2) is 9.13 Å². The SMILES string of the molecule is C#Cc1ccc2c(c1)c1cc(C#C)ccc1n2CCCCCCn1c2ccccc2c2ccccc21. The zero-order valence-electron chi connectivity index (χ0n) is 20.4. The zero-order chi connectivity index (χ0) is 24.5. The second kappa shape index (κ2) is 9.33. The fourth-order valence-corrected chi connectivity index (χ4v) is 5.66. The molecule has 0 aliphatic heterocycles. The van der Waals surface area contributed by atoms with Crippen LogP contribution in [0.3, 0.4) is 0 Å². The Morgan fingerprint density at radius 3 is 1.33 bits per heavy atom. The van der Waals surface area contributed by atoms with E-state index in [1.165, 1.54) is 62.9 Å². The first-order valence-electron chi connectivity index (χ1n) is 12.7. The fourth-order valence-electron chi connectivity index (χ4n) is 5.66. The van der Waals surface area contributed by atoms with Gasteiger partial charge in [-0.3, -0.25) is 0 Å². The van der Waals surface area contributed by atoms with Gasteiger partial charge in [-0.15, -0.1) is 12.8 Å². The number of terminal acetylenes is 2. The minimum Gasteiger partial charge on any atom is -0.340 e. The number of nitrogens with zero attached hydrogens (tertiary/aromatic N) is 2. The van der Waals surface area contributed by atoms with Gasteiger partial charge in [0.2, 0.25) is 0 Å². The van der Waals surface area contributed by atoms with Gasteiger partial charge in [0.1, 0.15) is 0 Å². The second-order valence-corrected chi connectivity index (χ2v) is 9.50. The van der Waals surface area contributed by atoms with Crippen molar-refractivity contribution in [3.8, 4) is 24.7 Å². The summed E-state index contributed by atoms with van der Waals surface area (Å²) in [5.41, 5.74) is 6.92. The third kappa shape index (κ3) is 3.73. The summed E-state index contributed by atoms with van der Waals surface area (Å²) in [7, 11) is 0. The lowest BCUT2D eigenvalue weighted by Crippen LogP contribution is -2.00. The van der Waals surface area contributed by atoms with E-state index in [0.717, 1.165) is 30.6 Å². The highest BCUT2D eigenvalue weighted by Crippen LogP contribution is 2.32. The molecule has 174 valence electrons. The molecule has 4 aromatic carbocycles. The molecule has 0 saturated heterocycles. The van der Waals surface area contributed by atoms with Gasteiger partial charge in [-0.1, -0.05) is 61.1 Å². The van der Waals surface area contributed by atoms with E-state index < -0.39 is 0 Å². The van der Waals surface area contributed by atoms with Gasteiger partial charge in [-0.2, -0.15) is 0 Å². The summed E-state index contributed by atoms with van der Waals surface area (Å²) in [6, 6.07) is 30.1. The number of benzene rings is 4. The van der Waals surface area contributed by atoms with Crippen LogP contribution in [0.1, 0.15) is 36.8 Å². The highest BCUT2D eigenvalue weighted by molar-refractivity contribution is 6.09. The Kier molecular flexibility index (Phi) is 5.73. The molecular weight excluding hydrogens is 436 g/mol. The average molecular weight is 465 g/mol. The number of para-hydroxylation sites is 2. The molecule has 0 saturated carbocycles. The largest absolute Gasteiger partial charge is 0.340 e. The third-order valence-electron chi connectivity index (χ3n) is 7.39. The molecule has 2 heteroatoms. The zero-order valence-corrected chi connectivity index (χ0v) is 20.4. The van der Waals surface area contributed by atoms with Crippen LogP contribution in [0.5, 0.6) is 0 Å². The maximum Gasteiger partial charge on any atom is 0.0492 e. The highest BCUT2D eigenvalue weighted by atomic mass is 15.0. The third-order valence-corrected chi connectivity index (χ3v) is 7.39. The minimum atomic E-state index is 0.901. The van der Waals surface area contributed by atoms with Crippen molar-refractivity contribution >= 4 is 43.6 Å². The Balaban J connectivity index is 1.17. The molecule has 0 aliphatic carbocycles. The van der Waals surface area contributed by atoms with Gasteiger partial charge < -0.3 is 9.13 Å². The van der Waals surface area contributed by atoms with Crippen molar-refractivity contribution in [2.45, 2.75) is 38.8 Å². The summed E-state index contributed by atoms with van der Waals surface area (Å²) in [6.07, 6.45) is 16.1. The lowest BCUT2D eigenvalue weighted by molar-refractivity contribution is 0.559. The summed E-state index contributed by atoms with van der Waals surface area (Å²) in [5.74, 6) is 5.54. The van der Waals surface area contributed by atoms with Crippen LogP contribution < -0.4 is 0 Å². The standard InChI is InChI=1S/C34H28N2/c1-3-25-17-19-33-29(23-25)30-24-26(4-2)18-20-34(30)36(33)22-12-6-5-11-21-35-31-15-9-7-13-27(31)28-14-8-10-16-32(28)35/h1-2,7-10,13-20,23-24H,5-6,11-12,21-22H2. The van der Waals surface area contributed by atoms with Crippen LogP contribution in [0.15, 0.2) is 84.9 Å². The maximum atomic E-state index is 5.68. The predicted octanol–water partition coefficient (Wildman–Crippen LogP) is 8.13. The predicted molar refractivity (Wildman–Crippen MR) is 153 cm³/mol. The molecule has 2 aromatic heterocycles. The highest BCUT2D eigenvalue weighted by Gasteiger charge is 2.12. The van der Waals surface area contributed by atoms with Crippen molar-refractivity contribution in [3.05, 3.63) is 96.1 Å². The number of hydrogen-bond donors (Lipinski definition) is 0. The van der Waals surface area contributed by atoms with Gasteiger partial charge in [0, 0.05) is 67.8 Å². The summed E-state index contributed by atoms with van der Waals surface area (Å²) in [6.45, 7) is 2.04. The molecule has 0 bridgehead atoms. The monoisotopic (exact) mass is 464 g/mol. The lowest BCUT2D eigenvalue weighted by Gasteiger charge is -2.09. The van der Waals surface area contributed by atoms with Crippen LogP contribution in [0.2, 0.25) is 0 Å². The van der Waals surface area contributed by atoms with Gasteiger partial charge in [-0.05, 0) is 61.4 Å². The molecule has 6 aromatic rings. The number of unbranched alkanes of at least 4 members (excludes halogenated alkanes) is 3. The maximum absolute atomic E-state index is 5.68. The van der Waals surface area contributed by atoms with Crippen molar-refractivity contribution in [1.29, 1.82) is 0 Å². The van der Waals surface area contributed by atoms with Gasteiger partial charge in [0.05, 0.1) is 0 Å². The number of hydrogen-bond acceptors (Lipinski definition) is 0. The Morgan fingerprint density at radius 1 is 0.472 bits per heavy atom. The molecular formula is C34H28N2. The van der Waals surface area contributed by atoms with E-state index in [1.807, 2.05) is 12.1 Å². The van der Waals surface area contributed by atoms with Gasteiger partial charge in [0.15, 0.2) is 0 Å². The van der Waals surface area contributed by atoms with Crippen LogP contribution in [0.25, 0.3) is 43.6 Å². The van der Waals surface area contributed by atoms with Crippen LogP contribution in [0.4, 0.5) is 0 Å². The molecule has 0 N–H and O–H groups in total. The number of rotatable bonds is 7. The Bertz CT molecular complexity index is 1690. The van der Waals surface area contributed by atoms with Crippen LogP contribution in [0, 0.1) is 24.7 Å². The second-order valence-electron chi connectivity index (χ2n) is 9.50. The van der Waals surface area contributed by atoms with E-state index in [2.05, 4.69) is 93.8 Å². The van der Waals surface area contributed by atoms with Gasteiger partial charge in [-0.25, -0.2) is 0 Å². The molecule has 0 atom stereocenters. The average Bonchev–Trinajstić information content (AvgIpc) is 3.42. The normalized spacial score (nSPS) is 11.4. The van der Waals surface area contributed by atoms with Crippen molar-refractivity contribution < 1.29 is 0 Å².